The summed E-state index contributed by atoms with van der Waals surface area (Å²) in [4.78, 5) is 31.9. The van der Waals surface area contributed by atoms with Crippen LogP contribution in [0.25, 0.3) is 22.2 Å². The predicted molar refractivity (Wildman–Crippen MR) is 120 cm³/mol. The molecule has 3 aromatic rings. The van der Waals surface area contributed by atoms with Crippen molar-refractivity contribution in [3.05, 3.63) is 53.9 Å². The Bertz CT molecular complexity index is 1020. The summed E-state index contributed by atoms with van der Waals surface area (Å²) in [6.07, 6.45) is 8.84. The number of carbonyl (C=O) groups is 2. The standard InChI is InChI=1S/C21H23N3O.C3H7NO/c1-14-12-22-20-10-7-15(11-18(14)20)19-9-8-16(13-23-19)21(25)24(2)17-5-3-4-6-17;1-2-3(4)5/h7-13,17,22H,3-6H2,1-2H3;2H2,1H3,(H2,4,5). The van der Waals surface area contributed by atoms with Crippen molar-refractivity contribution in [2.24, 2.45) is 5.73 Å². The molecule has 0 unspecified atom stereocenters. The Kier molecular flexibility index (Phi) is 6.87. The summed E-state index contributed by atoms with van der Waals surface area (Å²) in [6.45, 7) is 3.82. The zero-order valence-corrected chi connectivity index (χ0v) is 17.9. The lowest BCUT2D eigenvalue weighted by atomic mass is 10.1. The van der Waals surface area contributed by atoms with Crippen LogP contribution in [0.1, 0.15) is 54.9 Å². The summed E-state index contributed by atoms with van der Waals surface area (Å²) in [5, 5.41) is 1.21. The molecule has 1 aliphatic carbocycles. The third-order valence-corrected chi connectivity index (χ3v) is 5.74. The first-order chi connectivity index (χ1) is 14.4. The van der Waals surface area contributed by atoms with Crippen molar-refractivity contribution in [2.45, 2.75) is 52.0 Å². The largest absolute Gasteiger partial charge is 0.370 e. The molecule has 30 heavy (non-hydrogen) atoms. The van der Waals surface area contributed by atoms with Gasteiger partial charge in [-0.15, -0.1) is 0 Å². The number of carbonyl (C=O) groups excluding carboxylic acids is 2. The second-order valence-corrected chi connectivity index (χ2v) is 7.84. The topological polar surface area (TPSA) is 92.1 Å². The number of aromatic amines is 1. The molecule has 2 amide bonds. The minimum atomic E-state index is -0.245. The van der Waals surface area contributed by atoms with Crippen LogP contribution in [0.3, 0.4) is 0 Å². The molecule has 0 aliphatic heterocycles. The number of fused-ring (bicyclic) bond motifs is 1. The van der Waals surface area contributed by atoms with Crippen molar-refractivity contribution < 1.29 is 9.59 Å². The number of nitrogens with zero attached hydrogens (tertiary/aromatic N) is 2. The number of nitrogens with one attached hydrogen (secondary N) is 1. The van der Waals surface area contributed by atoms with Crippen molar-refractivity contribution in [1.29, 1.82) is 0 Å². The summed E-state index contributed by atoms with van der Waals surface area (Å²) in [5.74, 6) is -0.173. The Labute approximate surface area is 177 Å². The maximum Gasteiger partial charge on any atom is 0.255 e. The first-order valence-corrected chi connectivity index (χ1v) is 10.5. The van der Waals surface area contributed by atoms with E-state index in [0.717, 1.165) is 29.6 Å². The number of primary amides is 1. The molecular formula is C24H30N4O2. The lowest BCUT2D eigenvalue weighted by Crippen LogP contribution is -2.35. The van der Waals surface area contributed by atoms with E-state index < -0.39 is 0 Å². The normalized spacial score (nSPS) is 13.7. The maximum absolute atomic E-state index is 12.6. The SMILES string of the molecule is CCC(N)=O.Cc1c[nH]c2ccc(-c3ccc(C(=O)N(C)C4CCCC4)cn3)cc12. The maximum atomic E-state index is 12.6. The molecule has 6 nitrogen and oxygen atoms in total. The van der Waals surface area contributed by atoms with Crippen molar-refractivity contribution in [2.75, 3.05) is 7.05 Å². The lowest BCUT2D eigenvalue weighted by Gasteiger charge is -2.24. The van der Waals surface area contributed by atoms with Crippen LogP contribution in [0.15, 0.2) is 42.7 Å². The number of pyridine rings is 1. The van der Waals surface area contributed by atoms with Crippen LogP contribution in [0.2, 0.25) is 0 Å². The third-order valence-electron chi connectivity index (χ3n) is 5.74. The molecule has 0 bridgehead atoms. The van der Waals surface area contributed by atoms with E-state index in [1.165, 1.54) is 23.8 Å². The second-order valence-electron chi connectivity index (χ2n) is 7.84. The van der Waals surface area contributed by atoms with Gasteiger partial charge in [0.25, 0.3) is 5.91 Å². The van der Waals surface area contributed by atoms with Gasteiger partial charge in [0.2, 0.25) is 5.91 Å². The summed E-state index contributed by atoms with van der Waals surface area (Å²) in [7, 11) is 1.91. The molecule has 0 radical (unpaired) electrons. The van der Waals surface area contributed by atoms with Crippen LogP contribution in [0, 0.1) is 6.92 Å². The monoisotopic (exact) mass is 406 g/mol. The Morgan fingerprint density at radius 2 is 1.90 bits per heavy atom. The van der Waals surface area contributed by atoms with Crippen LogP contribution < -0.4 is 5.73 Å². The molecule has 1 saturated carbocycles. The molecule has 0 spiro atoms. The number of amides is 2. The fourth-order valence-corrected chi connectivity index (χ4v) is 3.77. The van der Waals surface area contributed by atoms with Crippen LogP contribution in [-0.4, -0.2) is 39.8 Å². The molecule has 1 aromatic carbocycles. The minimum Gasteiger partial charge on any atom is -0.370 e. The number of rotatable bonds is 4. The Balaban J connectivity index is 0.000000461. The van der Waals surface area contributed by atoms with Crippen LogP contribution >= 0.6 is 0 Å². The summed E-state index contributed by atoms with van der Waals surface area (Å²) in [6, 6.07) is 10.5. The summed E-state index contributed by atoms with van der Waals surface area (Å²) < 4.78 is 0. The minimum absolute atomic E-state index is 0.0721. The van der Waals surface area contributed by atoms with Gasteiger partial charge in [-0.3, -0.25) is 14.6 Å². The number of H-pyrrole nitrogens is 1. The van der Waals surface area contributed by atoms with Crippen molar-refractivity contribution in [3.63, 3.8) is 0 Å². The first-order valence-electron chi connectivity index (χ1n) is 10.5. The van der Waals surface area contributed by atoms with Gasteiger partial charge in [0, 0.05) is 48.4 Å². The highest BCUT2D eigenvalue weighted by atomic mass is 16.2. The number of benzene rings is 1. The molecule has 0 atom stereocenters. The molecule has 4 rings (SSSR count). The number of hydrogen-bond acceptors (Lipinski definition) is 3. The van der Waals surface area contributed by atoms with Gasteiger partial charge >= 0.3 is 0 Å². The van der Waals surface area contributed by atoms with E-state index in [1.807, 2.05) is 30.3 Å². The number of hydrogen-bond donors (Lipinski definition) is 2. The van der Waals surface area contributed by atoms with E-state index in [9.17, 15) is 9.59 Å². The van der Waals surface area contributed by atoms with Gasteiger partial charge in [0.05, 0.1) is 11.3 Å². The van der Waals surface area contributed by atoms with E-state index in [-0.39, 0.29) is 11.8 Å². The van der Waals surface area contributed by atoms with Gasteiger partial charge < -0.3 is 15.6 Å². The lowest BCUT2D eigenvalue weighted by molar-refractivity contribution is -0.117. The molecule has 158 valence electrons. The van der Waals surface area contributed by atoms with Crippen molar-refractivity contribution >= 4 is 22.7 Å². The molecule has 0 saturated heterocycles. The summed E-state index contributed by atoms with van der Waals surface area (Å²) >= 11 is 0. The van der Waals surface area contributed by atoms with E-state index in [0.29, 0.717) is 18.0 Å². The first kappa shape index (κ1) is 21.6. The van der Waals surface area contributed by atoms with Gasteiger partial charge in [-0.2, -0.15) is 0 Å². The van der Waals surface area contributed by atoms with Gasteiger partial charge in [-0.25, -0.2) is 0 Å². The second kappa shape index (κ2) is 9.57. The summed E-state index contributed by atoms with van der Waals surface area (Å²) in [5.41, 5.74) is 9.63. The Morgan fingerprint density at radius 3 is 2.50 bits per heavy atom. The molecule has 1 aliphatic rings. The van der Waals surface area contributed by atoms with Gasteiger partial charge in [-0.05, 0) is 49.6 Å². The Morgan fingerprint density at radius 1 is 1.20 bits per heavy atom. The zero-order valence-electron chi connectivity index (χ0n) is 17.9. The van der Waals surface area contributed by atoms with Crippen LogP contribution in [0.4, 0.5) is 0 Å². The highest BCUT2D eigenvalue weighted by Gasteiger charge is 2.24. The van der Waals surface area contributed by atoms with Crippen LogP contribution in [0.5, 0.6) is 0 Å². The van der Waals surface area contributed by atoms with E-state index in [2.05, 4.69) is 40.8 Å². The van der Waals surface area contributed by atoms with E-state index in [1.54, 1.807) is 13.1 Å². The quantitative estimate of drug-likeness (QED) is 0.671. The average molecular weight is 407 g/mol. The highest BCUT2D eigenvalue weighted by Crippen LogP contribution is 2.26. The Hall–Kier alpha value is -3.15. The van der Waals surface area contributed by atoms with Gasteiger partial charge in [0.1, 0.15) is 0 Å². The van der Waals surface area contributed by atoms with Crippen molar-refractivity contribution in [3.8, 4) is 11.3 Å². The fourth-order valence-electron chi connectivity index (χ4n) is 3.77. The van der Waals surface area contributed by atoms with Gasteiger partial charge in [-0.1, -0.05) is 25.8 Å². The molecule has 1 fully saturated rings. The van der Waals surface area contributed by atoms with Crippen molar-refractivity contribution in [1.82, 2.24) is 14.9 Å². The molecule has 3 N–H and O–H groups in total. The van der Waals surface area contributed by atoms with E-state index in [4.69, 9.17) is 0 Å². The number of aryl methyl sites for hydroxylation is 1. The smallest absolute Gasteiger partial charge is 0.255 e. The molecule has 2 heterocycles. The zero-order chi connectivity index (χ0) is 21.7. The average Bonchev–Trinajstić information content (AvgIpc) is 3.43. The number of aromatic nitrogens is 2. The molecule has 2 aromatic heterocycles. The third kappa shape index (κ3) is 4.87. The molecule has 6 heteroatoms. The van der Waals surface area contributed by atoms with E-state index >= 15 is 0 Å². The number of nitrogens with two attached hydrogens (primary N) is 1. The van der Waals surface area contributed by atoms with Crippen LogP contribution in [-0.2, 0) is 4.79 Å². The van der Waals surface area contributed by atoms with Gasteiger partial charge in [0.15, 0.2) is 0 Å². The fraction of sp³-hybridized carbons (Fsp3) is 0.375. The highest BCUT2D eigenvalue weighted by molar-refractivity contribution is 5.94. The predicted octanol–water partition coefficient (Wildman–Crippen LogP) is 4.43. The molecular weight excluding hydrogens is 376 g/mol.